The van der Waals surface area contributed by atoms with Crippen LogP contribution in [0.5, 0.6) is 0 Å². The molecule has 0 saturated carbocycles. The molecular formula is C13H15BrN2O3. The van der Waals surface area contributed by atoms with E-state index < -0.39 is 5.97 Å². The Bertz CT molecular complexity index is 500. The molecule has 0 radical (unpaired) electrons. The Kier molecular flexibility index (Phi) is 6.08. The van der Waals surface area contributed by atoms with Gasteiger partial charge in [-0.2, -0.15) is 0 Å². The second-order valence-corrected chi connectivity index (χ2v) is 4.40. The number of amides is 1. The van der Waals surface area contributed by atoms with E-state index in [1.54, 1.807) is 13.0 Å². The maximum absolute atomic E-state index is 11.8. The molecule has 0 aliphatic carbocycles. The molecule has 0 aliphatic rings. The third kappa shape index (κ3) is 4.75. The highest BCUT2D eigenvalue weighted by Gasteiger charge is 2.12. The van der Waals surface area contributed by atoms with Gasteiger partial charge in [0.2, 0.25) is 0 Å². The summed E-state index contributed by atoms with van der Waals surface area (Å²) in [6.07, 6.45) is 1.12. The van der Waals surface area contributed by atoms with E-state index in [1.165, 1.54) is 7.11 Å². The monoisotopic (exact) mass is 326 g/mol. The average molecular weight is 327 g/mol. The lowest BCUT2D eigenvalue weighted by Gasteiger charge is -2.11. The molecule has 2 N–H and O–H groups in total. The molecule has 102 valence electrons. The molecule has 1 aromatic rings. The Morgan fingerprint density at radius 1 is 1.37 bits per heavy atom. The van der Waals surface area contributed by atoms with Gasteiger partial charge in [0.05, 0.1) is 18.9 Å². The maximum atomic E-state index is 11.8. The predicted molar refractivity (Wildman–Crippen MR) is 76.5 cm³/mol. The molecule has 0 atom stereocenters. The van der Waals surface area contributed by atoms with Crippen LogP contribution < -0.4 is 10.6 Å². The fourth-order valence-corrected chi connectivity index (χ4v) is 1.68. The van der Waals surface area contributed by atoms with Crippen LogP contribution in [0.15, 0.2) is 40.5 Å². The first-order valence-corrected chi connectivity index (χ1v) is 6.47. The van der Waals surface area contributed by atoms with Crippen molar-refractivity contribution in [1.29, 1.82) is 0 Å². The number of carbonyl (C=O) groups is 2. The third-order valence-corrected chi connectivity index (χ3v) is 2.88. The first-order chi connectivity index (χ1) is 9.08. The summed E-state index contributed by atoms with van der Waals surface area (Å²) in [6, 6.07) is 7.29. The maximum Gasteiger partial charge on any atom is 0.332 e. The van der Waals surface area contributed by atoms with Crippen LogP contribution in [0.25, 0.3) is 0 Å². The van der Waals surface area contributed by atoms with Crippen molar-refractivity contribution >= 4 is 33.5 Å². The smallest absolute Gasteiger partial charge is 0.332 e. The highest BCUT2D eigenvalue weighted by Crippen LogP contribution is 2.22. The zero-order valence-corrected chi connectivity index (χ0v) is 12.3. The third-order valence-electron chi connectivity index (χ3n) is 2.19. The molecule has 0 aromatic heterocycles. The van der Waals surface area contributed by atoms with Crippen molar-refractivity contribution in [1.82, 2.24) is 5.32 Å². The number of rotatable bonds is 5. The normalized spacial score (nSPS) is 10.8. The summed E-state index contributed by atoms with van der Waals surface area (Å²) in [7, 11) is 1.26. The van der Waals surface area contributed by atoms with E-state index in [1.807, 2.05) is 18.2 Å². The Morgan fingerprint density at radius 2 is 2.05 bits per heavy atom. The van der Waals surface area contributed by atoms with Crippen molar-refractivity contribution < 1.29 is 14.3 Å². The molecule has 0 saturated heterocycles. The van der Waals surface area contributed by atoms with Gasteiger partial charge in [-0.1, -0.05) is 12.1 Å². The molecule has 0 unspecified atom stereocenters. The summed E-state index contributed by atoms with van der Waals surface area (Å²) in [5.41, 5.74) is 0.810. The van der Waals surface area contributed by atoms with Crippen molar-refractivity contribution in [3.63, 3.8) is 0 Å². The molecule has 1 aromatic carbocycles. The fourth-order valence-electron chi connectivity index (χ4n) is 1.30. The van der Waals surface area contributed by atoms with Gasteiger partial charge < -0.3 is 15.4 Å². The Hall–Kier alpha value is -1.82. The van der Waals surface area contributed by atoms with E-state index in [9.17, 15) is 9.59 Å². The topological polar surface area (TPSA) is 67.4 Å². The zero-order valence-electron chi connectivity index (χ0n) is 10.7. The van der Waals surface area contributed by atoms with E-state index in [0.29, 0.717) is 12.2 Å². The number of hydrogen-bond acceptors (Lipinski definition) is 4. The minimum Gasteiger partial charge on any atom is -0.466 e. The van der Waals surface area contributed by atoms with Crippen molar-refractivity contribution in [3.05, 3.63) is 40.5 Å². The minimum absolute atomic E-state index is 0.126. The number of para-hydroxylation sites is 1. The van der Waals surface area contributed by atoms with E-state index in [4.69, 9.17) is 0 Å². The van der Waals surface area contributed by atoms with Crippen molar-refractivity contribution in [2.24, 2.45) is 0 Å². The summed E-state index contributed by atoms with van der Waals surface area (Å²) in [5, 5.41) is 5.52. The van der Waals surface area contributed by atoms with Crippen LogP contribution in [-0.2, 0) is 14.3 Å². The Morgan fingerprint density at radius 3 is 2.63 bits per heavy atom. The molecule has 0 fully saturated rings. The lowest BCUT2D eigenvalue weighted by atomic mass is 10.3. The van der Waals surface area contributed by atoms with Gasteiger partial charge in [-0.3, -0.25) is 4.79 Å². The Labute approximate surface area is 120 Å². The van der Waals surface area contributed by atoms with Crippen LogP contribution in [0, 0.1) is 0 Å². The van der Waals surface area contributed by atoms with Gasteiger partial charge in [0, 0.05) is 11.0 Å². The van der Waals surface area contributed by atoms with Crippen LogP contribution in [0.4, 0.5) is 5.69 Å². The predicted octanol–water partition coefficient (Wildman–Crippen LogP) is 2.05. The lowest BCUT2D eigenvalue weighted by molar-refractivity contribution is -0.135. The quantitative estimate of drug-likeness (QED) is 0.642. The number of halogens is 1. The van der Waals surface area contributed by atoms with Crippen LogP contribution in [0.3, 0.4) is 0 Å². The summed E-state index contributed by atoms with van der Waals surface area (Å²) in [5.74, 6) is -0.968. The van der Waals surface area contributed by atoms with Gasteiger partial charge in [-0.25, -0.2) is 4.79 Å². The van der Waals surface area contributed by atoms with E-state index >= 15 is 0 Å². The lowest BCUT2D eigenvalue weighted by Crippen LogP contribution is -2.28. The Balaban J connectivity index is 2.98. The number of benzene rings is 1. The van der Waals surface area contributed by atoms with Crippen LogP contribution >= 0.6 is 15.9 Å². The number of nitrogens with one attached hydrogen (secondary N) is 2. The molecule has 5 nitrogen and oxygen atoms in total. The molecular weight excluding hydrogens is 312 g/mol. The van der Waals surface area contributed by atoms with E-state index in [2.05, 4.69) is 31.3 Å². The van der Waals surface area contributed by atoms with Crippen LogP contribution in [0.2, 0.25) is 0 Å². The van der Waals surface area contributed by atoms with Gasteiger partial charge in [0.15, 0.2) is 0 Å². The second-order valence-electron chi connectivity index (χ2n) is 3.55. The zero-order chi connectivity index (χ0) is 14.3. The first kappa shape index (κ1) is 15.2. The largest absolute Gasteiger partial charge is 0.466 e. The number of methoxy groups -OCH3 is 1. The number of hydrogen-bond donors (Lipinski definition) is 2. The number of esters is 1. The molecule has 0 aliphatic heterocycles. The number of likely N-dealkylation sites (N-methyl/N-ethyl adjacent to an activating group) is 1. The number of anilines is 1. The van der Waals surface area contributed by atoms with Gasteiger partial charge in [-0.05, 0) is 35.0 Å². The minimum atomic E-state index is -0.596. The molecule has 19 heavy (non-hydrogen) atoms. The number of ether oxygens (including phenoxy) is 1. The molecule has 0 heterocycles. The molecule has 0 spiro atoms. The number of carbonyl (C=O) groups excluding carboxylic acids is 2. The average Bonchev–Trinajstić information content (AvgIpc) is 2.40. The summed E-state index contributed by atoms with van der Waals surface area (Å²) in [6.45, 7) is 2.26. The molecule has 6 heteroatoms. The first-order valence-electron chi connectivity index (χ1n) is 5.67. The standard InChI is InChI=1S/C13H15BrN2O3/c1-3-15-13(18)11(8-12(17)19-2)16-10-7-5-4-6-9(10)14/h4-8,16H,3H2,1-2H3,(H,15,18)/b11-8-. The summed E-state index contributed by atoms with van der Waals surface area (Å²) < 4.78 is 5.32. The van der Waals surface area contributed by atoms with Gasteiger partial charge >= 0.3 is 5.97 Å². The SMILES string of the molecule is CCNC(=O)/C(=C/C(=O)OC)Nc1ccccc1Br. The second kappa shape index (κ2) is 7.58. The highest BCUT2D eigenvalue weighted by atomic mass is 79.9. The van der Waals surface area contributed by atoms with Crippen molar-refractivity contribution in [3.8, 4) is 0 Å². The van der Waals surface area contributed by atoms with E-state index in [0.717, 1.165) is 10.5 Å². The fraction of sp³-hybridized carbons (Fsp3) is 0.231. The molecule has 1 rings (SSSR count). The van der Waals surface area contributed by atoms with Gasteiger partial charge in [0.25, 0.3) is 5.91 Å². The van der Waals surface area contributed by atoms with Crippen LogP contribution in [0.1, 0.15) is 6.92 Å². The highest BCUT2D eigenvalue weighted by molar-refractivity contribution is 9.10. The molecule has 1 amide bonds. The summed E-state index contributed by atoms with van der Waals surface area (Å²) in [4.78, 5) is 23.1. The molecule has 0 bridgehead atoms. The van der Waals surface area contributed by atoms with Crippen molar-refractivity contribution in [2.45, 2.75) is 6.92 Å². The summed E-state index contributed by atoms with van der Waals surface area (Å²) >= 11 is 3.36. The van der Waals surface area contributed by atoms with E-state index in [-0.39, 0.29) is 11.6 Å². The van der Waals surface area contributed by atoms with Gasteiger partial charge in [-0.15, -0.1) is 0 Å². The van der Waals surface area contributed by atoms with Crippen molar-refractivity contribution in [2.75, 3.05) is 19.0 Å². The van der Waals surface area contributed by atoms with Crippen LogP contribution in [-0.4, -0.2) is 25.5 Å². The van der Waals surface area contributed by atoms with Gasteiger partial charge in [0.1, 0.15) is 5.70 Å².